The summed E-state index contributed by atoms with van der Waals surface area (Å²) in [6.45, 7) is 1.09. The molecule has 26 heavy (non-hydrogen) atoms. The second kappa shape index (κ2) is 7.69. The number of rotatable bonds is 2. The first-order chi connectivity index (χ1) is 12.5. The van der Waals surface area contributed by atoms with Gasteiger partial charge in [-0.3, -0.25) is 5.32 Å². The number of ether oxygens (including phenoxy) is 2. The number of hydrogen-bond donors (Lipinski definition) is 1. The summed E-state index contributed by atoms with van der Waals surface area (Å²) < 4.78 is 12.0. The zero-order valence-corrected chi connectivity index (χ0v) is 17.3. The SMILES string of the molecule is Clc1ccc(C2OCC3(CO2)CSC(c2ccc(Cl)c(Cl)c2)N3)cc1Cl. The minimum atomic E-state index is -0.439. The molecule has 2 fully saturated rings. The predicted molar refractivity (Wildman–Crippen MR) is 109 cm³/mol. The highest BCUT2D eigenvalue weighted by Crippen LogP contribution is 2.42. The lowest BCUT2D eigenvalue weighted by molar-refractivity contribution is -0.212. The third-order valence-corrected chi connectivity index (χ3v) is 7.37. The van der Waals surface area contributed by atoms with E-state index in [1.54, 1.807) is 23.9 Å². The van der Waals surface area contributed by atoms with Crippen LogP contribution in [0.2, 0.25) is 20.1 Å². The molecule has 8 heteroatoms. The highest BCUT2D eigenvalue weighted by atomic mass is 35.5. The Morgan fingerprint density at radius 2 is 1.42 bits per heavy atom. The van der Waals surface area contributed by atoms with E-state index in [-0.39, 0.29) is 10.9 Å². The molecule has 0 aliphatic carbocycles. The molecule has 0 saturated carbocycles. The minimum Gasteiger partial charge on any atom is -0.346 e. The molecule has 0 radical (unpaired) electrons. The van der Waals surface area contributed by atoms with E-state index in [0.717, 1.165) is 16.9 Å². The van der Waals surface area contributed by atoms with E-state index in [1.807, 2.05) is 24.3 Å². The van der Waals surface area contributed by atoms with Gasteiger partial charge in [-0.2, -0.15) is 0 Å². The average Bonchev–Trinajstić information content (AvgIpc) is 3.04. The molecule has 2 aromatic rings. The number of hydrogen-bond acceptors (Lipinski definition) is 4. The largest absolute Gasteiger partial charge is 0.346 e. The molecular formula is C18H15Cl4NO2S. The van der Waals surface area contributed by atoms with Crippen LogP contribution in [0.15, 0.2) is 36.4 Å². The predicted octanol–water partition coefficient (Wildman–Crippen LogP) is 6.12. The molecule has 0 amide bonds. The quantitative estimate of drug-likeness (QED) is 0.596. The van der Waals surface area contributed by atoms with Crippen LogP contribution in [0.3, 0.4) is 0 Å². The summed E-state index contributed by atoms with van der Waals surface area (Å²) in [5.74, 6) is 0.881. The van der Waals surface area contributed by atoms with Crippen LogP contribution in [0.1, 0.15) is 22.8 Å². The van der Waals surface area contributed by atoms with Crippen LogP contribution in [0.5, 0.6) is 0 Å². The van der Waals surface area contributed by atoms with Crippen LogP contribution in [0, 0.1) is 0 Å². The molecule has 3 nitrogen and oxygen atoms in total. The number of benzene rings is 2. The van der Waals surface area contributed by atoms with Crippen LogP contribution >= 0.6 is 58.2 Å². The fraction of sp³-hybridized carbons (Fsp3) is 0.333. The standard InChI is InChI=1S/C18H15Cl4NO2S/c19-12-3-1-10(5-14(12)21)16-23-18(9-26-16)7-24-17(25-8-18)11-2-4-13(20)15(22)6-11/h1-6,16-17,23H,7-9H2. The van der Waals surface area contributed by atoms with Gasteiger partial charge in [-0.25, -0.2) is 0 Å². The maximum atomic E-state index is 6.14. The van der Waals surface area contributed by atoms with Crippen molar-refractivity contribution < 1.29 is 9.47 Å². The van der Waals surface area contributed by atoms with Crippen molar-refractivity contribution in [3.8, 4) is 0 Å². The molecule has 1 unspecified atom stereocenters. The Labute approximate surface area is 176 Å². The molecular weight excluding hydrogens is 436 g/mol. The van der Waals surface area contributed by atoms with E-state index in [4.69, 9.17) is 55.9 Å². The van der Waals surface area contributed by atoms with Crippen LogP contribution in [0.25, 0.3) is 0 Å². The maximum absolute atomic E-state index is 6.14. The summed E-state index contributed by atoms with van der Waals surface area (Å²) in [6.07, 6.45) is -0.439. The molecule has 1 spiro atoms. The molecule has 2 aliphatic heterocycles. The number of thioether (sulfide) groups is 1. The highest BCUT2D eigenvalue weighted by Gasteiger charge is 2.44. The van der Waals surface area contributed by atoms with Crippen molar-refractivity contribution in [3.63, 3.8) is 0 Å². The van der Waals surface area contributed by atoms with Gasteiger partial charge in [0, 0.05) is 11.3 Å². The van der Waals surface area contributed by atoms with Crippen molar-refractivity contribution in [2.45, 2.75) is 17.2 Å². The zero-order chi connectivity index (χ0) is 18.3. The third-order valence-electron chi connectivity index (χ3n) is 4.45. The fourth-order valence-corrected chi connectivity index (χ4v) is 5.06. The van der Waals surface area contributed by atoms with Gasteiger partial charge in [0.1, 0.15) is 0 Å². The summed E-state index contributed by atoms with van der Waals surface area (Å²) in [7, 11) is 0. The Bertz CT molecular complexity index is 827. The van der Waals surface area contributed by atoms with E-state index >= 15 is 0 Å². The van der Waals surface area contributed by atoms with Crippen molar-refractivity contribution >= 4 is 58.2 Å². The van der Waals surface area contributed by atoms with Crippen molar-refractivity contribution in [1.82, 2.24) is 5.32 Å². The summed E-state index contributed by atoms with van der Waals surface area (Å²) >= 11 is 26.0. The van der Waals surface area contributed by atoms with Gasteiger partial charge in [-0.15, -0.1) is 11.8 Å². The molecule has 2 aliphatic rings. The van der Waals surface area contributed by atoms with Crippen molar-refractivity contribution in [2.24, 2.45) is 0 Å². The van der Waals surface area contributed by atoms with Gasteiger partial charge in [0.05, 0.1) is 44.2 Å². The normalized spacial score (nSPS) is 28.6. The minimum absolute atomic E-state index is 0.124. The van der Waals surface area contributed by atoms with E-state index in [1.165, 1.54) is 0 Å². The molecule has 2 saturated heterocycles. The average molecular weight is 451 g/mol. The Morgan fingerprint density at radius 1 is 0.846 bits per heavy atom. The lowest BCUT2D eigenvalue weighted by Crippen LogP contribution is -2.54. The van der Waals surface area contributed by atoms with Gasteiger partial charge < -0.3 is 9.47 Å². The van der Waals surface area contributed by atoms with Gasteiger partial charge in [-0.1, -0.05) is 58.5 Å². The Hall–Kier alpha value is -0.170. The van der Waals surface area contributed by atoms with E-state index in [0.29, 0.717) is 33.3 Å². The van der Waals surface area contributed by atoms with Gasteiger partial charge in [0.15, 0.2) is 6.29 Å². The first-order valence-corrected chi connectivity index (χ1v) is 10.5. The third kappa shape index (κ3) is 3.85. The van der Waals surface area contributed by atoms with Crippen molar-refractivity contribution in [3.05, 3.63) is 67.6 Å². The smallest absolute Gasteiger partial charge is 0.184 e. The monoisotopic (exact) mass is 449 g/mol. The molecule has 0 bridgehead atoms. The van der Waals surface area contributed by atoms with Gasteiger partial charge in [-0.05, 0) is 29.8 Å². The van der Waals surface area contributed by atoms with E-state index in [9.17, 15) is 0 Å². The zero-order valence-electron chi connectivity index (χ0n) is 13.5. The Kier molecular flexibility index (Phi) is 5.66. The second-order valence-electron chi connectivity index (χ2n) is 6.42. The lowest BCUT2D eigenvalue weighted by atomic mass is 10.0. The Morgan fingerprint density at radius 3 is 2.04 bits per heavy atom. The first-order valence-electron chi connectivity index (χ1n) is 7.98. The van der Waals surface area contributed by atoms with E-state index in [2.05, 4.69) is 5.32 Å². The summed E-state index contributed by atoms with van der Waals surface area (Å²) in [5.41, 5.74) is 1.72. The number of nitrogens with one attached hydrogen (secondary N) is 1. The summed E-state index contributed by atoms with van der Waals surface area (Å²) in [5, 5.41) is 5.87. The second-order valence-corrected chi connectivity index (χ2v) is 9.14. The summed E-state index contributed by atoms with van der Waals surface area (Å²) in [6, 6.07) is 11.1. The highest BCUT2D eigenvalue weighted by molar-refractivity contribution is 7.99. The summed E-state index contributed by atoms with van der Waals surface area (Å²) in [4.78, 5) is 0. The number of halogens is 4. The van der Waals surface area contributed by atoms with Crippen molar-refractivity contribution in [2.75, 3.05) is 19.0 Å². The first kappa shape index (κ1) is 19.2. The van der Waals surface area contributed by atoms with Crippen LogP contribution < -0.4 is 5.32 Å². The van der Waals surface area contributed by atoms with Gasteiger partial charge in [0.2, 0.25) is 0 Å². The fourth-order valence-electron chi connectivity index (χ4n) is 3.04. The molecule has 1 N–H and O–H groups in total. The topological polar surface area (TPSA) is 30.5 Å². The van der Waals surface area contributed by atoms with Crippen LogP contribution in [-0.4, -0.2) is 24.5 Å². The molecule has 4 rings (SSSR count). The van der Waals surface area contributed by atoms with Crippen LogP contribution in [0.4, 0.5) is 0 Å². The van der Waals surface area contributed by atoms with Gasteiger partial charge in [0.25, 0.3) is 0 Å². The maximum Gasteiger partial charge on any atom is 0.184 e. The molecule has 138 valence electrons. The van der Waals surface area contributed by atoms with Crippen molar-refractivity contribution in [1.29, 1.82) is 0 Å². The molecule has 1 atom stereocenters. The molecule has 0 aromatic heterocycles. The molecule has 2 aromatic carbocycles. The Balaban J connectivity index is 1.42. The lowest BCUT2D eigenvalue weighted by Gasteiger charge is -2.37. The molecule has 2 heterocycles. The van der Waals surface area contributed by atoms with E-state index < -0.39 is 6.29 Å². The van der Waals surface area contributed by atoms with Gasteiger partial charge >= 0.3 is 0 Å². The van der Waals surface area contributed by atoms with Crippen LogP contribution in [-0.2, 0) is 9.47 Å².